The summed E-state index contributed by atoms with van der Waals surface area (Å²) in [6.07, 6.45) is 1.21. The smallest absolute Gasteiger partial charge is 0.352 e. The molecule has 4 rings (SSSR count). The van der Waals surface area contributed by atoms with Gasteiger partial charge in [0.15, 0.2) is 0 Å². The number of aliphatic hydroxyl groups is 1. The predicted octanol–water partition coefficient (Wildman–Crippen LogP) is 3.37. The number of hydrogen-bond acceptors (Lipinski definition) is 4. The quantitative estimate of drug-likeness (QED) is 0.685. The van der Waals surface area contributed by atoms with Crippen LogP contribution in [0, 0.1) is 11.8 Å². The summed E-state index contributed by atoms with van der Waals surface area (Å²) < 4.78 is 6.12. The normalized spacial score (nSPS) is 24.1. The van der Waals surface area contributed by atoms with Crippen LogP contribution < -0.4 is 4.74 Å². The number of carboxylic acids is 1. The van der Waals surface area contributed by atoms with Crippen LogP contribution in [0.3, 0.4) is 0 Å². The molecule has 6 nitrogen and oxygen atoms in total. The summed E-state index contributed by atoms with van der Waals surface area (Å²) in [5.74, 6) is -1.53. The second-order valence-electron chi connectivity index (χ2n) is 8.24. The standard InChI is InChI=1S/C24H27NO5/c1-4-7-15-8-5-10-17-16(15)9-6-11-19(17)30-12-18-13(2)21-20(14(3)26)23(27)25(21)22(18)24(28)29/h5-6,8-11,13-14,20-21,26H,4,7,12H2,1-3H3,(H,28,29)/t13-,14+,20+,21+/m0/s1. The number of β-lactam (4-membered cyclic amide) rings is 1. The van der Waals surface area contributed by atoms with Gasteiger partial charge in [-0.3, -0.25) is 4.79 Å². The summed E-state index contributed by atoms with van der Waals surface area (Å²) in [4.78, 5) is 25.7. The van der Waals surface area contributed by atoms with E-state index in [0.717, 1.165) is 23.6 Å². The van der Waals surface area contributed by atoms with Crippen LogP contribution in [0.15, 0.2) is 47.7 Å². The van der Waals surface area contributed by atoms with Crippen molar-refractivity contribution < 1.29 is 24.5 Å². The summed E-state index contributed by atoms with van der Waals surface area (Å²) in [6.45, 7) is 5.71. The Kier molecular flexibility index (Phi) is 5.28. The van der Waals surface area contributed by atoms with E-state index in [0.29, 0.717) is 11.3 Å². The van der Waals surface area contributed by atoms with E-state index < -0.39 is 18.0 Å². The van der Waals surface area contributed by atoms with Crippen molar-refractivity contribution >= 4 is 22.6 Å². The Hall–Kier alpha value is -2.86. The van der Waals surface area contributed by atoms with Gasteiger partial charge in [-0.25, -0.2) is 4.79 Å². The number of carboxylic acid groups (broad SMARTS) is 1. The Morgan fingerprint density at radius 2 is 1.90 bits per heavy atom. The molecule has 0 unspecified atom stereocenters. The van der Waals surface area contributed by atoms with E-state index in [2.05, 4.69) is 19.1 Å². The molecule has 0 aliphatic carbocycles. The van der Waals surface area contributed by atoms with Crippen molar-refractivity contribution in [2.45, 2.75) is 45.8 Å². The minimum Gasteiger partial charge on any atom is -0.488 e. The number of nitrogens with zero attached hydrogens (tertiary/aromatic N) is 1. The van der Waals surface area contributed by atoms with Gasteiger partial charge in [0.25, 0.3) is 0 Å². The van der Waals surface area contributed by atoms with Crippen molar-refractivity contribution in [3.8, 4) is 5.75 Å². The van der Waals surface area contributed by atoms with Gasteiger partial charge in [-0.2, -0.15) is 0 Å². The fraction of sp³-hybridized carbons (Fsp3) is 0.417. The lowest BCUT2D eigenvalue weighted by atomic mass is 9.78. The Morgan fingerprint density at radius 1 is 1.20 bits per heavy atom. The van der Waals surface area contributed by atoms with E-state index in [1.54, 1.807) is 6.92 Å². The second kappa shape index (κ2) is 7.76. The van der Waals surface area contributed by atoms with Crippen LogP contribution in [0.1, 0.15) is 32.8 Å². The zero-order valence-electron chi connectivity index (χ0n) is 17.5. The molecule has 2 aromatic carbocycles. The van der Waals surface area contributed by atoms with Crippen LogP contribution >= 0.6 is 0 Å². The Balaban J connectivity index is 1.65. The molecule has 2 aromatic rings. The third-order valence-corrected chi connectivity index (χ3v) is 6.39. The SMILES string of the molecule is CCCc1cccc2c(OCC3=C(C(=O)O)N4C(=O)[C@H]([C@@H](C)O)[C@H]4[C@H]3C)cccc12. The Bertz CT molecular complexity index is 1040. The summed E-state index contributed by atoms with van der Waals surface area (Å²) in [5.41, 5.74) is 1.85. The zero-order chi connectivity index (χ0) is 21.6. The molecular formula is C24H27NO5. The summed E-state index contributed by atoms with van der Waals surface area (Å²) in [5, 5.41) is 21.9. The summed E-state index contributed by atoms with van der Waals surface area (Å²) >= 11 is 0. The number of amides is 1. The highest BCUT2D eigenvalue weighted by Crippen LogP contribution is 2.47. The highest BCUT2D eigenvalue weighted by molar-refractivity contribution is 6.00. The minimum atomic E-state index is -1.14. The van der Waals surface area contributed by atoms with E-state index in [-0.39, 0.29) is 30.2 Å². The second-order valence-corrected chi connectivity index (χ2v) is 8.24. The predicted molar refractivity (Wildman–Crippen MR) is 113 cm³/mol. The maximum Gasteiger partial charge on any atom is 0.352 e. The average Bonchev–Trinajstić information content (AvgIpc) is 2.95. The lowest BCUT2D eigenvalue weighted by Gasteiger charge is -2.46. The highest BCUT2D eigenvalue weighted by atomic mass is 16.5. The van der Waals surface area contributed by atoms with E-state index >= 15 is 0 Å². The van der Waals surface area contributed by atoms with Crippen molar-refractivity contribution in [2.75, 3.05) is 6.61 Å². The number of aliphatic carboxylic acids is 1. The van der Waals surface area contributed by atoms with Crippen LogP contribution in [-0.2, 0) is 16.0 Å². The third kappa shape index (κ3) is 3.06. The molecule has 0 bridgehead atoms. The summed E-state index contributed by atoms with van der Waals surface area (Å²) in [7, 11) is 0. The molecule has 158 valence electrons. The number of carbonyl (C=O) groups is 2. The lowest BCUT2D eigenvalue weighted by Crippen LogP contribution is -2.63. The first-order valence-corrected chi connectivity index (χ1v) is 10.5. The van der Waals surface area contributed by atoms with E-state index in [1.807, 2.05) is 31.2 Å². The first-order chi connectivity index (χ1) is 14.4. The topological polar surface area (TPSA) is 87.1 Å². The molecule has 6 heteroatoms. The molecule has 0 radical (unpaired) electrons. The molecule has 30 heavy (non-hydrogen) atoms. The van der Waals surface area contributed by atoms with Crippen LogP contribution in [0.2, 0.25) is 0 Å². The molecule has 1 fully saturated rings. The van der Waals surface area contributed by atoms with Crippen LogP contribution in [-0.4, -0.2) is 45.7 Å². The van der Waals surface area contributed by atoms with Crippen LogP contribution in [0.25, 0.3) is 10.8 Å². The number of hydrogen-bond donors (Lipinski definition) is 2. The van der Waals surface area contributed by atoms with Gasteiger partial charge in [0, 0.05) is 16.9 Å². The van der Waals surface area contributed by atoms with Gasteiger partial charge in [0.05, 0.1) is 18.1 Å². The van der Waals surface area contributed by atoms with Gasteiger partial charge in [0.1, 0.15) is 18.1 Å². The molecule has 0 aromatic heterocycles. The first-order valence-electron chi connectivity index (χ1n) is 10.5. The monoisotopic (exact) mass is 409 g/mol. The number of carbonyl (C=O) groups excluding carboxylic acids is 1. The van der Waals surface area contributed by atoms with Crippen LogP contribution in [0.5, 0.6) is 5.75 Å². The van der Waals surface area contributed by atoms with Crippen LogP contribution in [0.4, 0.5) is 0 Å². The van der Waals surface area contributed by atoms with Crippen molar-refractivity contribution in [1.29, 1.82) is 0 Å². The van der Waals surface area contributed by atoms with Gasteiger partial charge in [-0.1, -0.05) is 50.6 Å². The van der Waals surface area contributed by atoms with Crippen molar-refractivity contribution in [2.24, 2.45) is 11.8 Å². The van der Waals surface area contributed by atoms with Crippen molar-refractivity contribution in [3.05, 3.63) is 53.2 Å². The first kappa shape index (κ1) is 20.4. The average molecular weight is 409 g/mol. The van der Waals surface area contributed by atoms with Gasteiger partial charge in [-0.15, -0.1) is 0 Å². The van der Waals surface area contributed by atoms with Gasteiger partial charge in [0.2, 0.25) is 5.91 Å². The Labute approximate surface area is 175 Å². The fourth-order valence-corrected chi connectivity index (χ4v) is 4.95. The van der Waals surface area contributed by atoms with E-state index in [9.17, 15) is 19.8 Å². The maximum atomic E-state index is 12.5. The number of aliphatic hydroxyl groups excluding tert-OH is 1. The molecule has 1 amide bonds. The lowest BCUT2D eigenvalue weighted by molar-refractivity contribution is -0.163. The van der Waals surface area contributed by atoms with Gasteiger partial charge < -0.3 is 19.8 Å². The number of fused-ring (bicyclic) bond motifs is 2. The summed E-state index contributed by atoms with van der Waals surface area (Å²) in [6, 6.07) is 11.7. The molecule has 2 heterocycles. The number of benzene rings is 2. The van der Waals surface area contributed by atoms with E-state index in [4.69, 9.17) is 4.74 Å². The molecule has 4 atom stereocenters. The molecular weight excluding hydrogens is 382 g/mol. The molecule has 2 aliphatic heterocycles. The maximum absolute atomic E-state index is 12.5. The third-order valence-electron chi connectivity index (χ3n) is 6.39. The molecule has 0 spiro atoms. The fourth-order valence-electron chi connectivity index (χ4n) is 4.95. The zero-order valence-corrected chi connectivity index (χ0v) is 17.5. The van der Waals surface area contributed by atoms with Crippen molar-refractivity contribution in [1.82, 2.24) is 4.90 Å². The van der Waals surface area contributed by atoms with E-state index in [1.165, 1.54) is 10.5 Å². The number of rotatable bonds is 7. The van der Waals surface area contributed by atoms with Crippen molar-refractivity contribution in [3.63, 3.8) is 0 Å². The molecule has 0 saturated carbocycles. The van der Waals surface area contributed by atoms with Gasteiger partial charge in [-0.05, 0) is 30.4 Å². The number of aryl methyl sites for hydroxylation is 1. The van der Waals surface area contributed by atoms with Gasteiger partial charge >= 0.3 is 5.97 Å². The minimum absolute atomic E-state index is 0.00121. The molecule has 1 saturated heterocycles. The highest BCUT2D eigenvalue weighted by Gasteiger charge is 2.59. The number of ether oxygens (including phenoxy) is 1. The molecule has 2 N–H and O–H groups in total. The molecule has 2 aliphatic rings. The largest absolute Gasteiger partial charge is 0.488 e. The Morgan fingerprint density at radius 3 is 2.57 bits per heavy atom.